The van der Waals surface area contributed by atoms with Gasteiger partial charge in [0, 0.05) is 41.4 Å². The molecule has 0 saturated carbocycles. The molecule has 38 heavy (non-hydrogen) atoms. The summed E-state index contributed by atoms with van der Waals surface area (Å²) in [5, 5.41) is 11.3. The Morgan fingerprint density at radius 1 is 1.16 bits per heavy atom. The minimum Gasteiger partial charge on any atom is -0.387 e. The highest BCUT2D eigenvalue weighted by Crippen LogP contribution is 2.36. The monoisotopic (exact) mass is 569 g/mol. The van der Waals surface area contributed by atoms with Crippen molar-refractivity contribution < 1.29 is 27.2 Å². The fourth-order valence-electron chi connectivity index (χ4n) is 4.76. The number of carbonyl (C=O) groups excluding carboxylic acids is 1. The molecule has 1 amide bonds. The van der Waals surface area contributed by atoms with Crippen molar-refractivity contribution in [2.45, 2.75) is 57.1 Å². The largest absolute Gasteiger partial charge is 0.387 e. The zero-order valence-corrected chi connectivity index (χ0v) is 21.8. The minimum atomic E-state index is -3.02. The second-order valence-corrected chi connectivity index (χ2v) is 10.5. The Morgan fingerprint density at radius 3 is 2.58 bits per heavy atom. The van der Waals surface area contributed by atoms with E-state index < -0.39 is 36.2 Å². The van der Waals surface area contributed by atoms with E-state index in [0.29, 0.717) is 48.1 Å². The third kappa shape index (κ3) is 5.28. The van der Waals surface area contributed by atoms with Crippen LogP contribution in [0, 0.1) is 0 Å². The maximum atomic E-state index is 13.4. The first-order valence-electron chi connectivity index (χ1n) is 12.1. The van der Waals surface area contributed by atoms with E-state index in [1.54, 1.807) is 4.90 Å². The molecule has 1 unspecified atom stereocenters. The van der Waals surface area contributed by atoms with Crippen LogP contribution in [0.4, 0.5) is 17.6 Å². The number of aromatic nitrogens is 3. The lowest BCUT2D eigenvalue weighted by Gasteiger charge is -2.33. The van der Waals surface area contributed by atoms with Crippen molar-refractivity contribution in [1.82, 2.24) is 19.7 Å². The van der Waals surface area contributed by atoms with Gasteiger partial charge in [0.1, 0.15) is 23.1 Å². The molecule has 202 valence electrons. The Hall–Kier alpha value is -2.99. The van der Waals surface area contributed by atoms with Crippen LogP contribution in [-0.4, -0.2) is 44.4 Å². The Balaban J connectivity index is 1.19. The Kier molecular flexibility index (Phi) is 7.71. The molecule has 1 aromatic carbocycles. The van der Waals surface area contributed by atoms with Crippen molar-refractivity contribution in [3.8, 4) is 0 Å². The van der Waals surface area contributed by atoms with Gasteiger partial charge in [0.2, 0.25) is 5.91 Å². The lowest BCUT2D eigenvalue weighted by atomic mass is 9.97. The lowest BCUT2D eigenvalue weighted by Crippen LogP contribution is -2.41. The van der Waals surface area contributed by atoms with E-state index >= 15 is 0 Å². The number of oxime groups is 1. The van der Waals surface area contributed by atoms with Gasteiger partial charge >= 0.3 is 0 Å². The molecule has 0 bridgehead atoms. The molecule has 3 aromatic rings. The van der Waals surface area contributed by atoms with E-state index in [4.69, 9.17) is 21.4 Å². The molecule has 2 aliphatic heterocycles. The van der Waals surface area contributed by atoms with Crippen molar-refractivity contribution in [2.24, 2.45) is 5.16 Å². The molecule has 2 aliphatic rings. The average molecular weight is 570 g/mol. The van der Waals surface area contributed by atoms with Gasteiger partial charge in [-0.2, -0.15) is 5.10 Å². The highest BCUT2D eigenvalue weighted by atomic mass is 35.5. The number of halogens is 5. The molecule has 0 aliphatic carbocycles. The van der Waals surface area contributed by atoms with Crippen LogP contribution in [0.3, 0.4) is 0 Å². The smallest absolute Gasteiger partial charge is 0.282 e. The normalized spacial score (nSPS) is 19.2. The lowest BCUT2D eigenvalue weighted by molar-refractivity contribution is -0.135. The number of rotatable bonds is 7. The Bertz CT molecular complexity index is 1340. The predicted molar refractivity (Wildman–Crippen MR) is 134 cm³/mol. The first-order valence-corrected chi connectivity index (χ1v) is 13.4. The molecule has 5 rings (SSSR count). The number of piperidine rings is 1. The highest BCUT2D eigenvalue weighted by molar-refractivity contribution is 7.10. The number of benzene rings is 1. The van der Waals surface area contributed by atoms with Crippen LogP contribution in [0.1, 0.15) is 84.8 Å². The summed E-state index contributed by atoms with van der Waals surface area (Å²) in [5.41, 5.74) is 0.905. The molecular formula is C25H24ClF4N5O2S. The van der Waals surface area contributed by atoms with Crippen LogP contribution in [0.5, 0.6) is 0 Å². The zero-order valence-electron chi connectivity index (χ0n) is 20.2. The molecule has 2 aromatic heterocycles. The van der Waals surface area contributed by atoms with E-state index in [9.17, 15) is 22.4 Å². The van der Waals surface area contributed by atoms with Gasteiger partial charge in [-0.3, -0.25) is 9.48 Å². The fourth-order valence-corrected chi connectivity index (χ4v) is 6.02. The molecule has 2 atom stereocenters. The van der Waals surface area contributed by atoms with E-state index in [0.717, 1.165) is 22.0 Å². The zero-order chi connectivity index (χ0) is 27.0. The molecular weight excluding hydrogens is 546 g/mol. The molecule has 4 heterocycles. The number of thiazole rings is 1. The van der Waals surface area contributed by atoms with Crippen molar-refractivity contribution in [3.05, 3.63) is 68.4 Å². The SMILES string of the molecule is CC(C(=O)N1CCC(c2nc(C3=NO[C@@H](c4ccccc4Cl)C3)cs2)CC1)n1nc(C(F)F)cc1C(F)F. The minimum absolute atomic E-state index is 0.127. The molecule has 1 fully saturated rings. The third-order valence-electron chi connectivity index (χ3n) is 6.85. The van der Waals surface area contributed by atoms with Gasteiger partial charge in [-0.25, -0.2) is 22.5 Å². The number of alkyl halides is 4. The number of amides is 1. The first-order chi connectivity index (χ1) is 18.2. The molecule has 0 radical (unpaired) electrons. The van der Waals surface area contributed by atoms with E-state index in [1.807, 2.05) is 29.6 Å². The van der Waals surface area contributed by atoms with Crippen molar-refractivity contribution in [1.29, 1.82) is 0 Å². The molecule has 0 spiro atoms. The molecule has 0 N–H and O–H groups in total. The van der Waals surface area contributed by atoms with Gasteiger partial charge < -0.3 is 9.74 Å². The third-order valence-corrected chi connectivity index (χ3v) is 8.20. The number of hydrogen-bond acceptors (Lipinski definition) is 6. The summed E-state index contributed by atoms with van der Waals surface area (Å²) in [6.45, 7) is 2.19. The average Bonchev–Trinajstić information content (AvgIpc) is 3.67. The number of likely N-dealkylation sites (tertiary alicyclic amines) is 1. The van der Waals surface area contributed by atoms with Gasteiger partial charge in [0.05, 0.1) is 10.7 Å². The van der Waals surface area contributed by atoms with Crippen LogP contribution >= 0.6 is 22.9 Å². The van der Waals surface area contributed by atoms with Crippen molar-refractivity contribution >= 4 is 34.6 Å². The van der Waals surface area contributed by atoms with Crippen LogP contribution in [0.2, 0.25) is 5.02 Å². The van der Waals surface area contributed by atoms with Gasteiger partial charge in [-0.15, -0.1) is 11.3 Å². The first kappa shape index (κ1) is 26.6. The van der Waals surface area contributed by atoms with Crippen LogP contribution < -0.4 is 0 Å². The van der Waals surface area contributed by atoms with E-state index in [2.05, 4.69) is 10.3 Å². The number of carbonyl (C=O) groups is 1. The summed E-state index contributed by atoms with van der Waals surface area (Å²) >= 11 is 7.81. The maximum Gasteiger partial charge on any atom is 0.282 e. The van der Waals surface area contributed by atoms with Crippen molar-refractivity contribution in [3.63, 3.8) is 0 Å². The van der Waals surface area contributed by atoms with Crippen molar-refractivity contribution in [2.75, 3.05) is 13.1 Å². The Morgan fingerprint density at radius 2 is 1.89 bits per heavy atom. The van der Waals surface area contributed by atoms with Crippen LogP contribution in [0.15, 0.2) is 40.9 Å². The second kappa shape index (κ2) is 11.0. The second-order valence-electron chi connectivity index (χ2n) is 9.24. The molecule has 1 saturated heterocycles. The van der Waals surface area contributed by atoms with Gasteiger partial charge in [-0.1, -0.05) is 35.0 Å². The standard InChI is InChI=1S/C25H24ClF4N5O2S/c1-13(35-20(23(29)30)10-18(32-35)22(27)28)25(36)34-8-6-14(7-9-34)24-31-19(12-38-24)17-11-21(37-33-17)15-4-2-3-5-16(15)26/h2-5,10,12-14,21-23H,6-9,11H2,1H3/t13?,21-/m1/s1. The summed E-state index contributed by atoms with van der Waals surface area (Å²) in [6, 6.07) is 7.00. The number of hydrogen-bond donors (Lipinski definition) is 0. The topological polar surface area (TPSA) is 72.6 Å². The summed E-state index contributed by atoms with van der Waals surface area (Å²) < 4.78 is 53.5. The van der Waals surface area contributed by atoms with Gasteiger partial charge in [0.15, 0.2) is 6.10 Å². The van der Waals surface area contributed by atoms with Crippen LogP contribution in [-0.2, 0) is 9.63 Å². The summed E-state index contributed by atoms with van der Waals surface area (Å²) in [4.78, 5) is 25.0. The van der Waals surface area contributed by atoms with Crippen LogP contribution in [0.25, 0.3) is 0 Å². The number of nitrogens with zero attached hydrogens (tertiary/aromatic N) is 5. The predicted octanol–water partition coefficient (Wildman–Crippen LogP) is 6.70. The van der Waals surface area contributed by atoms with Gasteiger partial charge in [0.25, 0.3) is 12.9 Å². The molecule has 7 nitrogen and oxygen atoms in total. The summed E-state index contributed by atoms with van der Waals surface area (Å²) in [5.74, 6) is -0.306. The molecule has 13 heteroatoms. The van der Waals surface area contributed by atoms with Gasteiger partial charge in [-0.05, 0) is 31.9 Å². The quantitative estimate of drug-likeness (QED) is 0.297. The highest BCUT2D eigenvalue weighted by Gasteiger charge is 2.33. The Labute approximate surface area is 225 Å². The fraction of sp³-hybridized carbons (Fsp3) is 0.440. The maximum absolute atomic E-state index is 13.4. The summed E-state index contributed by atoms with van der Waals surface area (Å²) in [6.07, 6.45) is -4.46. The van der Waals surface area contributed by atoms with E-state index in [-0.39, 0.29) is 12.0 Å². The summed E-state index contributed by atoms with van der Waals surface area (Å²) in [7, 11) is 0. The van der Waals surface area contributed by atoms with E-state index in [1.165, 1.54) is 18.3 Å².